The molecule has 144 valence electrons. The predicted molar refractivity (Wildman–Crippen MR) is 119 cm³/mol. The van der Waals surface area contributed by atoms with Gasteiger partial charge in [0.15, 0.2) is 0 Å². The predicted octanol–water partition coefficient (Wildman–Crippen LogP) is 5.26. The summed E-state index contributed by atoms with van der Waals surface area (Å²) in [6.07, 6.45) is 0.998. The summed E-state index contributed by atoms with van der Waals surface area (Å²) < 4.78 is 0. The molecule has 3 nitrogen and oxygen atoms in total. The number of hydrogen-bond acceptors (Lipinski definition) is 3. The highest BCUT2D eigenvalue weighted by atomic mass is 32.2. The van der Waals surface area contributed by atoms with E-state index in [-0.39, 0.29) is 11.2 Å². The third kappa shape index (κ3) is 5.98. The van der Waals surface area contributed by atoms with E-state index in [0.29, 0.717) is 0 Å². The lowest BCUT2D eigenvalue weighted by Gasteiger charge is -2.17. The van der Waals surface area contributed by atoms with Gasteiger partial charge in [-0.3, -0.25) is 4.79 Å². The van der Waals surface area contributed by atoms with Crippen LogP contribution in [0.5, 0.6) is 0 Å². The molecule has 0 aliphatic rings. The minimum absolute atomic E-state index is 0.0129. The lowest BCUT2D eigenvalue weighted by atomic mass is 10.1. The number of likely N-dealkylation sites (N-methyl/N-ethyl adjacent to an activating group) is 1. The summed E-state index contributed by atoms with van der Waals surface area (Å²) in [5.41, 5.74) is 3.09. The van der Waals surface area contributed by atoms with Gasteiger partial charge >= 0.3 is 0 Å². The topological polar surface area (TPSA) is 32.3 Å². The molecule has 1 unspecified atom stereocenters. The van der Waals surface area contributed by atoms with Crippen LogP contribution in [-0.4, -0.2) is 31.4 Å². The normalized spacial score (nSPS) is 12.0. The summed E-state index contributed by atoms with van der Waals surface area (Å²) >= 11 is 1.57. The Morgan fingerprint density at radius 3 is 2.11 bits per heavy atom. The number of nitrogens with one attached hydrogen (secondary N) is 1. The van der Waals surface area contributed by atoms with E-state index in [1.165, 1.54) is 5.56 Å². The molecule has 28 heavy (non-hydrogen) atoms. The van der Waals surface area contributed by atoms with Crippen molar-refractivity contribution in [1.29, 1.82) is 0 Å². The Hall–Kier alpha value is -2.56. The quantitative estimate of drug-likeness (QED) is 0.532. The van der Waals surface area contributed by atoms with Crippen molar-refractivity contribution in [2.24, 2.45) is 0 Å². The van der Waals surface area contributed by atoms with Crippen LogP contribution in [0.3, 0.4) is 0 Å². The van der Waals surface area contributed by atoms with Crippen LogP contribution in [0.15, 0.2) is 89.8 Å². The van der Waals surface area contributed by atoms with Crippen molar-refractivity contribution in [2.75, 3.05) is 26.0 Å². The summed E-state index contributed by atoms with van der Waals surface area (Å²) in [6, 6.07) is 28.1. The number of anilines is 1. The molecule has 4 heteroatoms. The summed E-state index contributed by atoms with van der Waals surface area (Å²) in [4.78, 5) is 16.3. The van der Waals surface area contributed by atoms with Crippen LogP contribution in [0.25, 0.3) is 0 Å². The lowest BCUT2D eigenvalue weighted by Crippen LogP contribution is -2.19. The largest absolute Gasteiger partial charge is 0.325 e. The molecule has 0 radical (unpaired) electrons. The van der Waals surface area contributed by atoms with Crippen molar-refractivity contribution < 1.29 is 4.79 Å². The molecule has 1 amide bonds. The zero-order valence-corrected chi connectivity index (χ0v) is 17.2. The molecule has 0 saturated carbocycles. The van der Waals surface area contributed by atoms with Gasteiger partial charge in [-0.1, -0.05) is 60.7 Å². The third-order valence-electron chi connectivity index (χ3n) is 4.41. The molecular weight excluding hydrogens is 364 g/mol. The molecular formula is C24H26N2OS. The standard InChI is InChI=1S/C24H26N2OS/c1-26(2)18-17-19-13-15-21(16-14-19)25-24(27)23(20-9-5-3-6-10-20)28-22-11-7-4-8-12-22/h3-16,23H,17-18H2,1-2H3,(H,25,27). The molecule has 0 heterocycles. The number of thioether (sulfide) groups is 1. The fraction of sp³-hybridized carbons (Fsp3) is 0.208. The molecule has 0 aromatic heterocycles. The number of amides is 1. The van der Waals surface area contributed by atoms with Gasteiger partial charge in [0.1, 0.15) is 5.25 Å². The fourth-order valence-electron chi connectivity index (χ4n) is 2.85. The summed E-state index contributed by atoms with van der Waals surface area (Å²) in [5, 5.41) is 2.77. The Bertz CT molecular complexity index is 864. The van der Waals surface area contributed by atoms with Crippen LogP contribution < -0.4 is 5.32 Å². The number of carbonyl (C=O) groups excluding carboxylic acids is 1. The van der Waals surface area contributed by atoms with Crippen molar-refractivity contribution in [1.82, 2.24) is 4.90 Å². The zero-order valence-electron chi connectivity index (χ0n) is 16.3. The molecule has 0 bridgehead atoms. The molecule has 1 atom stereocenters. The minimum Gasteiger partial charge on any atom is -0.325 e. The van der Waals surface area contributed by atoms with E-state index < -0.39 is 0 Å². The number of carbonyl (C=O) groups is 1. The fourth-order valence-corrected chi connectivity index (χ4v) is 3.90. The molecule has 3 aromatic carbocycles. The second-order valence-corrected chi connectivity index (χ2v) is 8.14. The van der Waals surface area contributed by atoms with E-state index in [0.717, 1.165) is 29.1 Å². The van der Waals surface area contributed by atoms with Gasteiger partial charge in [-0.15, -0.1) is 11.8 Å². The average Bonchev–Trinajstić information content (AvgIpc) is 2.73. The SMILES string of the molecule is CN(C)CCc1ccc(NC(=O)C(Sc2ccccc2)c2ccccc2)cc1. The maximum atomic E-state index is 13.1. The smallest absolute Gasteiger partial charge is 0.242 e. The van der Waals surface area contributed by atoms with Gasteiger partial charge in [-0.2, -0.15) is 0 Å². The average molecular weight is 391 g/mol. The molecule has 0 aliphatic heterocycles. The van der Waals surface area contributed by atoms with E-state index in [4.69, 9.17) is 0 Å². The van der Waals surface area contributed by atoms with Crippen LogP contribution in [0, 0.1) is 0 Å². The highest BCUT2D eigenvalue weighted by Crippen LogP contribution is 2.36. The Morgan fingerprint density at radius 1 is 0.893 bits per heavy atom. The summed E-state index contributed by atoms with van der Waals surface area (Å²) in [7, 11) is 4.14. The Balaban J connectivity index is 1.72. The van der Waals surface area contributed by atoms with E-state index in [1.54, 1.807) is 11.8 Å². The first-order chi connectivity index (χ1) is 13.6. The van der Waals surface area contributed by atoms with E-state index in [2.05, 4.69) is 36.4 Å². The number of rotatable bonds is 8. The first-order valence-electron chi connectivity index (χ1n) is 9.43. The van der Waals surface area contributed by atoms with Gasteiger partial charge in [-0.05, 0) is 55.9 Å². The first-order valence-corrected chi connectivity index (χ1v) is 10.3. The highest BCUT2D eigenvalue weighted by molar-refractivity contribution is 8.00. The Kier molecular flexibility index (Phi) is 7.29. The summed E-state index contributed by atoms with van der Waals surface area (Å²) in [5.74, 6) is -0.0129. The van der Waals surface area contributed by atoms with Gasteiger partial charge in [0, 0.05) is 17.1 Å². The van der Waals surface area contributed by atoms with Crippen LogP contribution in [0.2, 0.25) is 0 Å². The van der Waals surface area contributed by atoms with Crippen molar-refractivity contribution >= 4 is 23.4 Å². The third-order valence-corrected chi connectivity index (χ3v) is 5.67. The zero-order chi connectivity index (χ0) is 19.8. The molecule has 0 fully saturated rings. The molecule has 0 saturated heterocycles. The van der Waals surface area contributed by atoms with E-state index in [1.807, 2.05) is 72.8 Å². The van der Waals surface area contributed by atoms with Crippen LogP contribution in [-0.2, 0) is 11.2 Å². The second kappa shape index (κ2) is 10.1. The molecule has 3 aromatic rings. The molecule has 1 N–H and O–H groups in total. The molecule has 3 rings (SSSR count). The van der Waals surface area contributed by atoms with Gasteiger partial charge in [0.05, 0.1) is 0 Å². The number of benzene rings is 3. The number of nitrogens with zero attached hydrogens (tertiary/aromatic N) is 1. The van der Waals surface area contributed by atoms with Crippen molar-refractivity contribution in [3.8, 4) is 0 Å². The minimum atomic E-state index is -0.308. The summed E-state index contributed by atoms with van der Waals surface area (Å²) in [6.45, 7) is 1.01. The monoisotopic (exact) mass is 390 g/mol. The highest BCUT2D eigenvalue weighted by Gasteiger charge is 2.22. The van der Waals surface area contributed by atoms with Crippen LogP contribution >= 0.6 is 11.8 Å². The van der Waals surface area contributed by atoms with Gasteiger partial charge in [0.25, 0.3) is 0 Å². The second-order valence-electron chi connectivity index (χ2n) is 6.96. The van der Waals surface area contributed by atoms with Gasteiger partial charge in [0.2, 0.25) is 5.91 Å². The van der Waals surface area contributed by atoms with Crippen molar-refractivity contribution in [2.45, 2.75) is 16.6 Å². The van der Waals surface area contributed by atoms with Crippen LogP contribution in [0.4, 0.5) is 5.69 Å². The maximum absolute atomic E-state index is 13.1. The Morgan fingerprint density at radius 2 is 1.50 bits per heavy atom. The van der Waals surface area contributed by atoms with Crippen LogP contribution in [0.1, 0.15) is 16.4 Å². The molecule has 0 aliphatic carbocycles. The van der Waals surface area contributed by atoms with Crippen molar-refractivity contribution in [3.05, 3.63) is 96.1 Å². The number of hydrogen-bond donors (Lipinski definition) is 1. The van der Waals surface area contributed by atoms with E-state index >= 15 is 0 Å². The Labute approximate surface area is 171 Å². The lowest BCUT2D eigenvalue weighted by molar-refractivity contribution is -0.115. The maximum Gasteiger partial charge on any atom is 0.242 e. The first kappa shape index (κ1) is 20.2. The molecule has 0 spiro atoms. The van der Waals surface area contributed by atoms with E-state index in [9.17, 15) is 4.79 Å². The van der Waals surface area contributed by atoms with Crippen molar-refractivity contribution in [3.63, 3.8) is 0 Å². The van der Waals surface area contributed by atoms with Gasteiger partial charge in [-0.25, -0.2) is 0 Å². The van der Waals surface area contributed by atoms with Gasteiger partial charge < -0.3 is 10.2 Å².